The van der Waals surface area contributed by atoms with Crippen molar-refractivity contribution in [2.24, 2.45) is 17.6 Å². The van der Waals surface area contributed by atoms with E-state index >= 15 is 0 Å². The van der Waals surface area contributed by atoms with E-state index in [4.69, 9.17) is 10.5 Å². The van der Waals surface area contributed by atoms with Gasteiger partial charge in [-0.3, -0.25) is 4.79 Å². The highest BCUT2D eigenvalue weighted by molar-refractivity contribution is 5.79. The molecule has 3 N–H and O–H groups in total. The maximum atomic E-state index is 11.7. The predicted molar refractivity (Wildman–Crippen MR) is 61.9 cm³/mol. The Morgan fingerprint density at radius 3 is 2.75 bits per heavy atom. The van der Waals surface area contributed by atoms with Gasteiger partial charge in [-0.05, 0) is 31.6 Å². The molecule has 2 unspecified atom stereocenters. The molecule has 0 bridgehead atoms. The van der Waals surface area contributed by atoms with Gasteiger partial charge in [0.2, 0.25) is 5.91 Å². The number of hydrogen-bond donors (Lipinski definition) is 2. The van der Waals surface area contributed by atoms with Crippen molar-refractivity contribution in [3.63, 3.8) is 0 Å². The molecule has 0 saturated heterocycles. The standard InChI is InChI=1S/C12H22N2O2/c13-11-3-1-2-10(11)12(15)14-6-7-16-8-9-4-5-9/h9-11H,1-8,13H2,(H,14,15). The highest BCUT2D eigenvalue weighted by atomic mass is 16.5. The minimum Gasteiger partial charge on any atom is -0.379 e. The van der Waals surface area contributed by atoms with E-state index in [0.717, 1.165) is 31.8 Å². The van der Waals surface area contributed by atoms with Gasteiger partial charge in [0.25, 0.3) is 0 Å². The van der Waals surface area contributed by atoms with Crippen molar-refractivity contribution in [3.8, 4) is 0 Å². The van der Waals surface area contributed by atoms with Crippen LogP contribution in [0.1, 0.15) is 32.1 Å². The first-order valence-corrected chi connectivity index (χ1v) is 6.38. The van der Waals surface area contributed by atoms with Gasteiger partial charge in [-0.1, -0.05) is 6.42 Å². The van der Waals surface area contributed by atoms with Crippen LogP contribution in [0.4, 0.5) is 0 Å². The lowest BCUT2D eigenvalue weighted by Crippen LogP contribution is -2.39. The molecule has 0 radical (unpaired) electrons. The topological polar surface area (TPSA) is 64.4 Å². The second-order valence-electron chi connectivity index (χ2n) is 5.01. The van der Waals surface area contributed by atoms with E-state index in [2.05, 4.69) is 5.32 Å². The summed E-state index contributed by atoms with van der Waals surface area (Å²) in [5.41, 5.74) is 5.87. The summed E-state index contributed by atoms with van der Waals surface area (Å²) < 4.78 is 5.45. The van der Waals surface area contributed by atoms with E-state index in [1.165, 1.54) is 12.8 Å². The Bertz CT molecular complexity index is 241. The molecule has 2 aliphatic carbocycles. The number of nitrogens with one attached hydrogen (secondary N) is 1. The summed E-state index contributed by atoms with van der Waals surface area (Å²) in [5.74, 6) is 0.933. The quantitative estimate of drug-likeness (QED) is 0.654. The van der Waals surface area contributed by atoms with E-state index in [9.17, 15) is 4.79 Å². The third-order valence-corrected chi connectivity index (χ3v) is 3.50. The van der Waals surface area contributed by atoms with E-state index in [1.54, 1.807) is 0 Å². The monoisotopic (exact) mass is 226 g/mol. The van der Waals surface area contributed by atoms with Crippen LogP contribution < -0.4 is 11.1 Å². The van der Waals surface area contributed by atoms with E-state index in [0.29, 0.717) is 13.2 Å². The summed E-state index contributed by atoms with van der Waals surface area (Å²) in [4.78, 5) is 11.7. The van der Waals surface area contributed by atoms with E-state index < -0.39 is 0 Å². The zero-order valence-corrected chi connectivity index (χ0v) is 9.78. The molecule has 2 fully saturated rings. The summed E-state index contributed by atoms with van der Waals surface area (Å²) in [6.45, 7) is 2.11. The molecule has 2 rings (SSSR count). The van der Waals surface area contributed by atoms with Crippen molar-refractivity contribution < 1.29 is 9.53 Å². The Hall–Kier alpha value is -0.610. The van der Waals surface area contributed by atoms with Gasteiger partial charge in [0.05, 0.1) is 12.5 Å². The number of hydrogen-bond acceptors (Lipinski definition) is 3. The van der Waals surface area contributed by atoms with Gasteiger partial charge in [0.15, 0.2) is 0 Å². The molecule has 2 aliphatic rings. The Morgan fingerprint density at radius 2 is 2.12 bits per heavy atom. The van der Waals surface area contributed by atoms with Crippen LogP contribution in [-0.4, -0.2) is 31.7 Å². The first-order chi connectivity index (χ1) is 7.77. The lowest BCUT2D eigenvalue weighted by molar-refractivity contribution is -0.125. The minimum atomic E-state index is 0.0310. The molecule has 4 nitrogen and oxygen atoms in total. The average molecular weight is 226 g/mol. The summed E-state index contributed by atoms with van der Waals surface area (Å²) in [7, 11) is 0. The van der Waals surface area contributed by atoms with Gasteiger partial charge < -0.3 is 15.8 Å². The van der Waals surface area contributed by atoms with Gasteiger partial charge in [0.1, 0.15) is 0 Å². The largest absolute Gasteiger partial charge is 0.379 e. The summed E-state index contributed by atoms with van der Waals surface area (Å²) >= 11 is 0. The number of nitrogens with two attached hydrogens (primary N) is 1. The fourth-order valence-corrected chi connectivity index (χ4v) is 2.23. The van der Waals surface area contributed by atoms with Crippen LogP contribution in [0, 0.1) is 11.8 Å². The molecule has 0 spiro atoms. The molecule has 0 heterocycles. The molecule has 2 saturated carbocycles. The summed E-state index contributed by atoms with van der Waals surface area (Å²) in [6.07, 6.45) is 5.62. The molecule has 0 aromatic heterocycles. The van der Waals surface area contributed by atoms with Crippen LogP contribution in [-0.2, 0) is 9.53 Å². The molecule has 2 atom stereocenters. The zero-order valence-electron chi connectivity index (χ0n) is 9.78. The SMILES string of the molecule is NC1CCCC1C(=O)NCCOCC1CC1. The molecule has 92 valence electrons. The van der Waals surface area contributed by atoms with Crippen molar-refractivity contribution in [3.05, 3.63) is 0 Å². The van der Waals surface area contributed by atoms with Crippen LogP contribution in [0.2, 0.25) is 0 Å². The fraction of sp³-hybridized carbons (Fsp3) is 0.917. The highest BCUT2D eigenvalue weighted by Gasteiger charge is 2.29. The van der Waals surface area contributed by atoms with Crippen LogP contribution in [0.5, 0.6) is 0 Å². The highest BCUT2D eigenvalue weighted by Crippen LogP contribution is 2.28. The molecule has 1 amide bonds. The number of rotatable bonds is 6. The normalized spacial score (nSPS) is 29.3. The Morgan fingerprint density at radius 1 is 1.31 bits per heavy atom. The second-order valence-corrected chi connectivity index (χ2v) is 5.01. The lowest BCUT2D eigenvalue weighted by Gasteiger charge is -2.15. The van der Waals surface area contributed by atoms with Crippen LogP contribution in [0.25, 0.3) is 0 Å². The third-order valence-electron chi connectivity index (χ3n) is 3.50. The number of carbonyl (C=O) groups is 1. The maximum absolute atomic E-state index is 11.7. The molecule has 0 aromatic carbocycles. The van der Waals surface area contributed by atoms with E-state index in [-0.39, 0.29) is 17.9 Å². The van der Waals surface area contributed by atoms with Crippen LogP contribution in [0.3, 0.4) is 0 Å². The number of carbonyl (C=O) groups excluding carboxylic acids is 1. The molecule has 0 aliphatic heterocycles. The first kappa shape index (κ1) is 11.9. The Balaban J connectivity index is 1.52. The first-order valence-electron chi connectivity index (χ1n) is 6.38. The van der Waals surface area contributed by atoms with Gasteiger partial charge >= 0.3 is 0 Å². The Kier molecular flexibility index (Phi) is 4.18. The molecule has 4 heteroatoms. The Labute approximate surface area is 96.9 Å². The molecular weight excluding hydrogens is 204 g/mol. The lowest BCUT2D eigenvalue weighted by atomic mass is 10.0. The minimum absolute atomic E-state index is 0.0310. The van der Waals surface area contributed by atoms with Gasteiger partial charge in [0, 0.05) is 19.2 Å². The maximum Gasteiger partial charge on any atom is 0.224 e. The second kappa shape index (κ2) is 5.64. The zero-order chi connectivity index (χ0) is 11.4. The van der Waals surface area contributed by atoms with Crippen molar-refractivity contribution in [1.82, 2.24) is 5.32 Å². The summed E-state index contributed by atoms with van der Waals surface area (Å²) in [5, 5.41) is 2.91. The van der Waals surface area contributed by atoms with Crippen molar-refractivity contribution >= 4 is 5.91 Å². The van der Waals surface area contributed by atoms with E-state index in [1.807, 2.05) is 0 Å². The van der Waals surface area contributed by atoms with Crippen molar-refractivity contribution in [2.45, 2.75) is 38.1 Å². The molecule has 0 aromatic rings. The number of amides is 1. The predicted octanol–water partition coefficient (Wildman–Crippen LogP) is 0.657. The number of ether oxygens (including phenoxy) is 1. The van der Waals surface area contributed by atoms with Gasteiger partial charge in [-0.2, -0.15) is 0 Å². The summed E-state index contributed by atoms with van der Waals surface area (Å²) in [6, 6.07) is 0.0624. The third kappa shape index (κ3) is 3.46. The van der Waals surface area contributed by atoms with Crippen LogP contribution in [0.15, 0.2) is 0 Å². The van der Waals surface area contributed by atoms with Crippen molar-refractivity contribution in [1.29, 1.82) is 0 Å². The van der Waals surface area contributed by atoms with Crippen LogP contribution >= 0.6 is 0 Å². The molecular formula is C12H22N2O2. The van der Waals surface area contributed by atoms with Gasteiger partial charge in [-0.15, -0.1) is 0 Å². The average Bonchev–Trinajstić information content (AvgIpc) is 2.99. The van der Waals surface area contributed by atoms with Gasteiger partial charge in [-0.25, -0.2) is 0 Å². The smallest absolute Gasteiger partial charge is 0.224 e. The molecule has 16 heavy (non-hydrogen) atoms. The van der Waals surface area contributed by atoms with Crippen molar-refractivity contribution in [2.75, 3.05) is 19.8 Å². The fourth-order valence-electron chi connectivity index (χ4n) is 2.23.